The third-order valence-electron chi connectivity index (χ3n) is 3.47. The second kappa shape index (κ2) is 8.12. The fourth-order valence-corrected chi connectivity index (χ4v) is 2.25. The zero-order valence-electron chi connectivity index (χ0n) is 12.5. The molecule has 0 saturated heterocycles. The van der Waals surface area contributed by atoms with Gasteiger partial charge in [-0.1, -0.05) is 13.8 Å². The average Bonchev–Trinajstić information content (AvgIpc) is 2.43. The molecule has 1 atom stereocenters. The number of hydrogen-bond acceptors (Lipinski definition) is 4. The molecule has 1 aromatic heterocycles. The van der Waals surface area contributed by atoms with Gasteiger partial charge in [0, 0.05) is 25.9 Å². The smallest absolute Gasteiger partial charge is 0.129 e. The molecule has 0 fully saturated rings. The lowest BCUT2D eigenvalue weighted by Gasteiger charge is -2.31. The van der Waals surface area contributed by atoms with E-state index in [0.717, 1.165) is 30.8 Å². The fraction of sp³-hybridized carbons (Fsp3) is 0.667. The summed E-state index contributed by atoms with van der Waals surface area (Å²) >= 11 is 0. The Kier molecular flexibility index (Phi) is 6.81. The molecule has 1 aromatic rings. The number of ether oxygens (including phenoxy) is 1. The number of rotatable bonds is 8. The standard InChI is InChI=1S/C15H26N2O2/c1-5-14(6-2)17(9-10-19-4)15-11-13(12(3)18)7-8-16-15/h7-8,11-12,14,18H,5-6,9-10H2,1-4H3. The first kappa shape index (κ1) is 15.9. The van der Waals surface area contributed by atoms with E-state index in [1.54, 1.807) is 20.2 Å². The maximum Gasteiger partial charge on any atom is 0.129 e. The molecule has 0 bridgehead atoms. The predicted octanol–water partition coefficient (Wildman–Crippen LogP) is 2.78. The van der Waals surface area contributed by atoms with Gasteiger partial charge in [0.1, 0.15) is 5.82 Å². The van der Waals surface area contributed by atoms with E-state index < -0.39 is 6.10 Å². The van der Waals surface area contributed by atoms with Crippen molar-refractivity contribution in [1.29, 1.82) is 0 Å². The number of anilines is 1. The van der Waals surface area contributed by atoms with Crippen molar-refractivity contribution in [3.63, 3.8) is 0 Å². The molecule has 1 rings (SSSR count). The topological polar surface area (TPSA) is 45.6 Å². The van der Waals surface area contributed by atoms with Crippen molar-refractivity contribution in [2.45, 2.75) is 45.8 Å². The molecule has 0 aliphatic heterocycles. The SMILES string of the molecule is CCC(CC)N(CCOC)c1cc(C(C)O)ccn1. The zero-order valence-corrected chi connectivity index (χ0v) is 12.5. The van der Waals surface area contributed by atoms with E-state index in [4.69, 9.17) is 4.74 Å². The second-order valence-electron chi connectivity index (χ2n) is 4.78. The first-order chi connectivity index (χ1) is 9.13. The summed E-state index contributed by atoms with van der Waals surface area (Å²) < 4.78 is 5.19. The van der Waals surface area contributed by atoms with Crippen LogP contribution in [0.2, 0.25) is 0 Å². The molecule has 0 aliphatic rings. The van der Waals surface area contributed by atoms with Gasteiger partial charge in [-0.3, -0.25) is 0 Å². The van der Waals surface area contributed by atoms with Crippen LogP contribution >= 0.6 is 0 Å². The minimum absolute atomic E-state index is 0.451. The van der Waals surface area contributed by atoms with E-state index in [9.17, 15) is 5.11 Å². The molecule has 19 heavy (non-hydrogen) atoms. The normalized spacial score (nSPS) is 12.7. The van der Waals surface area contributed by atoms with Gasteiger partial charge in [0.25, 0.3) is 0 Å². The summed E-state index contributed by atoms with van der Waals surface area (Å²) in [5.41, 5.74) is 0.901. The lowest BCUT2D eigenvalue weighted by atomic mass is 10.1. The lowest BCUT2D eigenvalue weighted by Crippen LogP contribution is -2.37. The number of nitrogens with zero attached hydrogens (tertiary/aromatic N) is 2. The minimum atomic E-state index is -0.465. The van der Waals surface area contributed by atoms with Gasteiger partial charge in [-0.2, -0.15) is 0 Å². The predicted molar refractivity (Wildman–Crippen MR) is 78.5 cm³/mol. The number of aliphatic hydroxyl groups is 1. The van der Waals surface area contributed by atoms with Crippen LogP contribution in [-0.4, -0.2) is 36.4 Å². The second-order valence-corrected chi connectivity index (χ2v) is 4.78. The van der Waals surface area contributed by atoms with Crippen LogP contribution in [0.4, 0.5) is 5.82 Å². The summed E-state index contributed by atoms with van der Waals surface area (Å²) in [6.07, 6.45) is 3.44. The van der Waals surface area contributed by atoms with Crippen molar-refractivity contribution in [1.82, 2.24) is 4.98 Å². The minimum Gasteiger partial charge on any atom is -0.389 e. The van der Waals surface area contributed by atoms with Crippen molar-refractivity contribution >= 4 is 5.82 Å². The van der Waals surface area contributed by atoms with Gasteiger partial charge in [-0.25, -0.2) is 4.98 Å². The highest BCUT2D eigenvalue weighted by Crippen LogP contribution is 2.21. The van der Waals surface area contributed by atoms with E-state index in [0.29, 0.717) is 12.6 Å². The molecule has 108 valence electrons. The average molecular weight is 266 g/mol. The number of hydrogen-bond donors (Lipinski definition) is 1. The largest absolute Gasteiger partial charge is 0.389 e. The molecule has 0 saturated carbocycles. The molecule has 0 radical (unpaired) electrons. The van der Waals surface area contributed by atoms with Crippen LogP contribution in [0.3, 0.4) is 0 Å². The first-order valence-corrected chi connectivity index (χ1v) is 7.03. The molecule has 4 nitrogen and oxygen atoms in total. The lowest BCUT2D eigenvalue weighted by molar-refractivity contribution is 0.198. The van der Waals surface area contributed by atoms with E-state index in [1.807, 2.05) is 12.1 Å². The van der Waals surface area contributed by atoms with Crippen LogP contribution in [0.5, 0.6) is 0 Å². The van der Waals surface area contributed by atoms with Crippen LogP contribution in [0.15, 0.2) is 18.3 Å². The van der Waals surface area contributed by atoms with Gasteiger partial charge in [-0.15, -0.1) is 0 Å². The van der Waals surface area contributed by atoms with Gasteiger partial charge in [0.2, 0.25) is 0 Å². The Morgan fingerprint density at radius 1 is 1.37 bits per heavy atom. The summed E-state index contributed by atoms with van der Waals surface area (Å²) in [6.45, 7) is 7.64. The monoisotopic (exact) mass is 266 g/mol. The number of pyridine rings is 1. The van der Waals surface area contributed by atoms with Gasteiger partial charge in [-0.05, 0) is 37.5 Å². The number of aromatic nitrogens is 1. The summed E-state index contributed by atoms with van der Waals surface area (Å²) in [6, 6.07) is 4.28. The van der Waals surface area contributed by atoms with Crippen molar-refractivity contribution in [2.75, 3.05) is 25.2 Å². The molecule has 4 heteroatoms. The van der Waals surface area contributed by atoms with Crippen LogP contribution in [0, 0.1) is 0 Å². The Hall–Kier alpha value is -1.13. The van der Waals surface area contributed by atoms with Crippen LogP contribution in [0.1, 0.15) is 45.3 Å². The Balaban J connectivity index is 2.98. The Labute approximate surface area is 116 Å². The third kappa shape index (κ3) is 4.48. The van der Waals surface area contributed by atoms with Crippen molar-refractivity contribution in [3.8, 4) is 0 Å². The fourth-order valence-electron chi connectivity index (χ4n) is 2.25. The Morgan fingerprint density at radius 3 is 2.58 bits per heavy atom. The molecule has 1 N–H and O–H groups in total. The summed E-state index contributed by atoms with van der Waals surface area (Å²) in [5, 5.41) is 9.69. The molecular formula is C15H26N2O2. The number of aliphatic hydroxyl groups excluding tert-OH is 1. The highest BCUT2D eigenvalue weighted by molar-refractivity contribution is 5.42. The molecule has 1 unspecified atom stereocenters. The van der Waals surface area contributed by atoms with E-state index in [1.165, 1.54) is 0 Å². The Bertz CT molecular complexity index is 365. The molecule has 1 heterocycles. The van der Waals surface area contributed by atoms with Gasteiger partial charge in [0.05, 0.1) is 12.7 Å². The van der Waals surface area contributed by atoms with Gasteiger partial charge < -0.3 is 14.7 Å². The van der Waals surface area contributed by atoms with Gasteiger partial charge in [0.15, 0.2) is 0 Å². The van der Waals surface area contributed by atoms with E-state index in [-0.39, 0.29) is 0 Å². The van der Waals surface area contributed by atoms with Crippen LogP contribution in [0.25, 0.3) is 0 Å². The highest BCUT2D eigenvalue weighted by atomic mass is 16.5. The third-order valence-corrected chi connectivity index (χ3v) is 3.47. The summed E-state index contributed by atoms with van der Waals surface area (Å²) in [7, 11) is 1.71. The Morgan fingerprint density at radius 2 is 2.05 bits per heavy atom. The molecule has 0 aromatic carbocycles. The van der Waals surface area contributed by atoms with E-state index in [2.05, 4.69) is 23.7 Å². The quantitative estimate of drug-likeness (QED) is 0.786. The molecule has 0 amide bonds. The maximum absolute atomic E-state index is 9.69. The van der Waals surface area contributed by atoms with Crippen LogP contribution < -0.4 is 4.90 Å². The van der Waals surface area contributed by atoms with Gasteiger partial charge >= 0.3 is 0 Å². The summed E-state index contributed by atoms with van der Waals surface area (Å²) in [5.74, 6) is 0.921. The molecule has 0 aliphatic carbocycles. The van der Waals surface area contributed by atoms with Crippen LogP contribution in [-0.2, 0) is 4.74 Å². The summed E-state index contributed by atoms with van der Waals surface area (Å²) in [4.78, 5) is 6.72. The van der Waals surface area contributed by atoms with Crippen molar-refractivity contribution in [2.24, 2.45) is 0 Å². The molecule has 0 spiro atoms. The number of methoxy groups -OCH3 is 1. The molecular weight excluding hydrogens is 240 g/mol. The highest BCUT2D eigenvalue weighted by Gasteiger charge is 2.17. The zero-order chi connectivity index (χ0) is 14.3. The van der Waals surface area contributed by atoms with E-state index >= 15 is 0 Å². The van der Waals surface area contributed by atoms with Crippen molar-refractivity contribution < 1.29 is 9.84 Å². The first-order valence-electron chi connectivity index (χ1n) is 7.03. The maximum atomic E-state index is 9.69. The van der Waals surface area contributed by atoms with Crippen molar-refractivity contribution in [3.05, 3.63) is 23.9 Å².